The Labute approximate surface area is 88.6 Å². The van der Waals surface area contributed by atoms with Crippen LogP contribution in [0.15, 0.2) is 23.2 Å². The van der Waals surface area contributed by atoms with Crippen LogP contribution in [0.5, 0.6) is 0 Å². The Morgan fingerprint density at radius 3 is 2.57 bits per heavy atom. The predicted molar refractivity (Wildman–Crippen MR) is 57.3 cm³/mol. The maximum Gasteiger partial charge on any atom is 0.235 e. The number of aryl methyl sites for hydroxylation is 1. The van der Waals surface area contributed by atoms with Crippen LogP contribution in [0.2, 0.25) is 5.02 Å². The van der Waals surface area contributed by atoms with Crippen molar-refractivity contribution in [2.75, 3.05) is 0 Å². The number of aliphatic imine (C=N–C) groups is 1. The number of nitrogens with zero attached hydrogens (tertiary/aromatic N) is 1. The highest BCUT2D eigenvalue weighted by Gasteiger charge is 2.21. The SMILES string of the molecule is Cc1cc(Cl)ccc1C(C)(C)N=C=O. The van der Waals surface area contributed by atoms with E-state index in [0.717, 1.165) is 11.1 Å². The number of benzene rings is 1. The zero-order chi connectivity index (χ0) is 10.8. The minimum Gasteiger partial charge on any atom is -0.211 e. The van der Waals surface area contributed by atoms with E-state index in [1.54, 1.807) is 12.1 Å². The molecule has 1 aromatic rings. The zero-order valence-corrected chi connectivity index (χ0v) is 9.22. The van der Waals surface area contributed by atoms with Crippen LogP contribution in [-0.2, 0) is 10.3 Å². The molecule has 0 bridgehead atoms. The largest absolute Gasteiger partial charge is 0.235 e. The summed E-state index contributed by atoms with van der Waals surface area (Å²) >= 11 is 5.84. The number of hydrogen-bond acceptors (Lipinski definition) is 2. The van der Waals surface area contributed by atoms with Gasteiger partial charge in [0.25, 0.3) is 0 Å². The number of hydrogen-bond donors (Lipinski definition) is 0. The van der Waals surface area contributed by atoms with Gasteiger partial charge in [0.15, 0.2) is 0 Å². The van der Waals surface area contributed by atoms with E-state index in [4.69, 9.17) is 11.6 Å². The van der Waals surface area contributed by atoms with Crippen LogP contribution in [0.4, 0.5) is 0 Å². The molecule has 1 rings (SSSR count). The molecule has 14 heavy (non-hydrogen) atoms. The Hall–Kier alpha value is -1.11. The van der Waals surface area contributed by atoms with E-state index >= 15 is 0 Å². The second-order valence-corrected chi connectivity index (χ2v) is 4.16. The molecule has 0 heterocycles. The maximum atomic E-state index is 10.3. The summed E-state index contributed by atoms with van der Waals surface area (Å²) in [5, 5.41) is 0.692. The lowest BCUT2D eigenvalue weighted by Gasteiger charge is -2.20. The summed E-state index contributed by atoms with van der Waals surface area (Å²) in [4.78, 5) is 14.0. The van der Waals surface area contributed by atoms with Crippen molar-refractivity contribution in [1.29, 1.82) is 0 Å². The molecule has 0 N–H and O–H groups in total. The van der Waals surface area contributed by atoms with Crippen molar-refractivity contribution in [2.45, 2.75) is 26.3 Å². The van der Waals surface area contributed by atoms with E-state index in [1.807, 2.05) is 32.9 Å². The minimum absolute atomic E-state index is 0.531. The van der Waals surface area contributed by atoms with Gasteiger partial charge in [-0.2, -0.15) is 4.99 Å². The van der Waals surface area contributed by atoms with E-state index in [1.165, 1.54) is 0 Å². The molecule has 0 aromatic heterocycles. The number of halogens is 1. The monoisotopic (exact) mass is 209 g/mol. The summed E-state index contributed by atoms with van der Waals surface area (Å²) in [7, 11) is 0. The minimum atomic E-state index is -0.531. The predicted octanol–water partition coefficient (Wildman–Crippen LogP) is 3.22. The lowest BCUT2D eigenvalue weighted by molar-refractivity contribution is 0.521. The van der Waals surface area contributed by atoms with Gasteiger partial charge in [0.2, 0.25) is 6.08 Å². The van der Waals surface area contributed by atoms with Gasteiger partial charge in [-0.05, 0) is 44.0 Å². The van der Waals surface area contributed by atoms with Gasteiger partial charge >= 0.3 is 0 Å². The molecule has 0 aliphatic rings. The Bertz CT molecular complexity index is 392. The van der Waals surface area contributed by atoms with Gasteiger partial charge in [-0.15, -0.1) is 0 Å². The van der Waals surface area contributed by atoms with Crippen LogP contribution in [0.1, 0.15) is 25.0 Å². The van der Waals surface area contributed by atoms with Crippen molar-refractivity contribution >= 4 is 17.7 Å². The van der Waals surface area contributed by atoms with E-state index < -0.39 is 5.54 Å². The van der Waals surface area contributed by atoms with E-state index in [-0.39, 0.29) is 0 Å². The lowest BCUT2D eigenvalue weighted by Crippen LogP contribution is -2.14. The van der Waals surface area contributed by atoms with E-state index in [9.17, 15) is 4.79 Å². The summed E-state index contributed by atoms with van der Waals surface area (Å²) in [5.41, 5.74) is 1.49. The molecule has 0 aliphatic heterocycles. The van der Waals surface area contributed by atoms with Crippen molar-refractivity contribution < 1.29 is 4.79 Å². The topological polar surface area (TPSA) is 29.4 Å². The van der Waals surface area contributed by atoms with Crippen LogP contribution in [-0.4, -0.2) is 6.08 Å². The van der Waals surface area contributed by atoms with Crippen molar-refractivity contribution in [1.82, 2.24) is 0 Å². The van der Waals surface area contributed by atoms with Gasteiger partial charge < -0.3 is 0 Å². The molecular formula is C11H12ClNO. The Balaban J connectivity index is 3.25. The van der Waals surface area contributed by atoms with Gasteiger partial charge in [-0.25, -0.2) is 4.79 Å². The smallest absolute Gasteiger partial charge is 0.211 e. The maximum absolute atomic E-state index is 10.3. The number of isocyanates is 1. The molecule has 0 saturated heterocycles. The van der Waals surface area contributed by atoms with Crippen LogP contribution in [0, 0.1) is 6.92 Å². The molecule has 0 atom stereocenters. The first-order valence-corrected chi connectivity index (χ1v) is 4.71. The number of carbonyl (C=O) groups excluding carboxylic acids is 1. The lowest BCUT2D eigenvalue weighted by atomic mass is 9.91. The molecule has 0 amide bonds. The molecule has 0 spiro atoms. The molecule has 0 radical (unpaired) electrons. The first-order valence-electron chi connectivity index (χ1n) is 4.33. The summed E-state index contributed by atoms with van der Waals surface area (Å²) in [5.74, 6) is 0. The van der Waals surface area contributed by atoms with Crippen molar-refractivity contribution in [3.05, 3.63) is 34.3 Å². The summed E-state index contributed by atoms with van der Waals surface area (Å²) in [6.45, 7) is 5.69. The summed E-state index contributed by atoms with van der Waals surface area (Å²) in [6, 6.07) is 5.55. The average molecular weight is 210 g/mol. The van der Waals surface area contributed by atoms with E-state index in [2.05, 4.69) is 4.99 Å². The van der Waals surface area contributed by atoms with Crippen LogP contribution in [0.3, 0.4) is 0 Å². The normalized spacial score (nSPS) is 10.9. The molecule has 74 valence electrons. The first kappa shape index (κ1) is 11.0. The molecule has 1 aromatic carbocycles. The molecule has 0 saturated carbocycles. The quantitative estimate of drug-likeness (QED) is 0.543. The molecule has 0 aliphatic carbocycles. The second kappa shape index (κ2) is 3.95. The fraction of sp³-hybridized carbons (Fsp3) is 0.364. The van der Waals surface area contributed by atoms with Crippen molar-refractivity contribution in [2.24, 2.45) is 4.99 Å². The highest BCUT2D eigenvalue weighted by molar-refractivity contribution is 6.30. The van der Waals surface area contributed by atoms with Crippen LogP contribution < -0.4 is 0 Å². The summed E-state index contributed by atoms with van der Waals surface area (Å²) in [6.07, 6.45) is 1.59. The van der Waals surface area contributed by atoms with Crippen LogP contribution >= 0.6 is 11.6 Å². The Morgan fingerprint density at radius 2 is 2.07 bits per heavy atom. The fourth-order valence-corrected chi connectivity index (χ4v) is 1.71. The van der Waals surface area contributed by atoms with Gasteiger partial charge in [0, 0.05) is 5.02 Å². The molecular weight excluding hydrogens is 198 g/mol. The van der Waals surface area contributed by atoms with Gasteiger partial charge in [0.05, 0.1) is 5.54 Å². The van der Waals surface area contributed by atoms with Crippen molar-refractivity contribution in [3.8, 4) is 0 Å². The Morgan fingerprint density at radius 1 is 1.43 bits per heavy atom. The van der Waals surface area contributed by atoms with Gasteiger partial charge in [0.1, 0.15) is 0 Å². The number of rotatable bonds is 2. The molecule has 0 unspecified atom stereocenters. The molecule has 0 fully saturated rings. The van der Waals surface area contributed by atoms with Crippen LogP contribution in [0.25, 0.3) is 0 Å². The fourth-order valence-electron chi connectivity index (χ4n) is 1.49. The average Bonchev–Trinajstić information content (AvgIpc) is 2.02. The van der Waals surface area contributed by atoms with Gasteiger partial charge in [-0.1, -0.05) is 17.7 Å². The second-order valence-electron chi connectivity index (χ2n) is 3.72. The Kier molecular flexibility index (Phi) is 3.10. The highest BCUT2D eigenvalue weighted by Crippen LogP contribution is 2.28. The van der Waals surface area contributed by atoms with Gasteiger partial charge in [-0.3, -0.25) is 0 Å². The molecule has 2 nitrogen and oxygen atoms in total. The third kappa shape index (κ3) is 2.22. The molecule has 3 heteroatoms. The third-order valence-corrected chi connectivity index (χ3v) is 2.41. The van der Waals surface area contributed by atoms with E-state index in [0.29, 0.717) is 5.02 Å². The summed E-state index contributed by atoms with van der Waals surface area (Å²) < 4.78 is 0. The first-order chi connectivity index (χ1) is 6.47. The highest BCUT2D eigenvalue weighted by atomic mass is 35.5. The third-order valence-electron chi connectivity index (χ3n) is 2.17. The van der Waals surface area contributed by atoms with Crippen molar-refractivity contribution in [3.63, 3.8) is 0 Å². The standard InChI is InChI=1S/C11H12ClNO/c1-8-6-9(12)4-5-10(8)11(2,3)13-7-14/h4-6H,1-3H3. The zero-order valence-electron chi connectivity index (χ0n) is 8.47.